The molecule has 0 atom stereocenters. The van der Waals surface area contributed by atoms with E-state index in [2.05, 4.69) is 22.0 Å². The van der Waals surface area contributed by atoms with Crippen molar-refractivity contribution >= 4 is 32.2 Å². The minimum atomic E-state index is -4.81. The number of fused-ring (bicyclic) bond motifs is 1. The summed E-state index contributed by atoms with van der Waals surface area (Å²) in [5.74, 6) is 0.821. The van der Waals surface area contributed by atoms with Gasteiger partial charge in [-0.2, -0.15) is 18.2 Å². The number of hydrogen-bond donors (Lipinski definition) is 0. The van der Waals surface area contributed by atoms with Crippen LogP contribution in [0, 0.1) is 15.5 Å². The average Bonchev–Trinajstić information content (AvgIpc) is 2.82. The number of methoxy groups -OCH3 is 1. The quantitative estimate of drug-likeness (QED) is 0.356. The van der Waals surface area contributed by atoms with Crippen LogP contribution < -0.4 is 15.2 Å². The van der Waals surface area contributed by atoms with E-state index in [1.807, 2.05) is 17.0 Å². The number of benzene rings is 2. The lowest BCUT2D eigenvalue weighted by atomic mass is 9.72. The van der Waals surface area contributed by atoms with Gasteiger partial charge >= 0.3 is 6.18 Å². The number of aromatic nitrogens is 1. The largest absolute Gasteiger partial charge is 0.497 e. The summed E-state index contributed by atoms with van der Waals surface area (Å²) < 4.78 is 44.7. The highest BCUT2D eigenvalue weighted by Gasteiger charge is 2.45. The summed E-state index contributed by atoms with van der Waals surface area (Å²) in [6.45, 7) is 4.02. The summed E-state index contributed by atoms with van der Waals surface area (Å²) in [5, 5.41) is 11.4. The molecule has 1 aromatic heterocycles. The maximum atomic E-state index is 13.2. The molecule has 8 nitrogen and oxygen atoms in total. The van der Waals surface area contributed by atoms with Crippen LogP contribution in [0.1, 0.15) is 24.0 Å². The van der Waals surface area contributed by atoms with Crippen molar-refractivity contribution in [2.24, 2.45) is 5.41 Å². The first-order valence-corrected chi connectivity index (χ1v) is 12.2. The minimum absolute atomic E-state index is 0.0856. The van der Waals surface area contributed by atoms with Crippen molar-refractivity contribution in [2.75, 3.05) is 38.2 Å². The van der Waals surface area contributed by atoms with Crippen LogP contribution >= 0.6 is 11.3 Å². The van der Waals surface area contributed by atoms with E-state index < -0.39 is 27.9 Å². The lowest BCUT2D eigenvalue weighted by Crippen LogP contribution is -2.59. The van der Waals surface area contributed by atoms with E-state index in [9.17, 15) is 28.1 Å². The van der Waals surface area contributed by atoms with Gasteiger partial charge in [-0.25, -0.2) is 0 Å². The predicted molar refractivity (Wildman–Crippen MR) is 130 cm³/mol. The molecule has 2 aliphatic rings. The molecule has 5 rings (SSSR count). The predicted octanol–water partition coefficient (Wildman–Crippen LogP) is 4.69. The highest BCUT2D eigenvalue weighted by Crippen LogP contribution is 2.43. The molecule has 0 radical (unpaired) electrons. The molecule has 2 aliphatic heterocycles. The van der Waals surface area contributed by atoms with Crippen molar-refractivity contribution in [2.45, 2.75) is 25.6 Å². The van der Waals surface area contributed by atoms with E-state index in [1.54, 1.807) is 7.11 Å². The molecule has 3 aromatic rings. The summed E-state index contributed by atoms with van der Waals surface area (Å²) in [6.07, 6.45) is -3.05. The van der Waals surface area contributed by atoms with Gasteiger partial charge in [0, 0.05) is 38.8 Å². The second-order valence-electron chi connectivity index (χ2n) is 9.41. The third kappa shape index (κ3) is 4.62. The summed E-state index contributed by atoms with van der Waals surface area (Å²) in [4.78, 5) is 31.5. The Morgan fingerprint density at radius 2 is 1.83 bits per heavy atom. The zero-order valence-corrected chi connectivity index (χ0v) is 20.2. The third-order valence-electron chi connectivity index (χ3n) is 6.99. The molecule has 3 heterocycles. The Morgan fingerprint density at radius 3 is 2.42 bits per heavy atom. The van der Waals surface area contributed by atoms with Crippen LogP contribution in [-0.2, 0) is 12.7 Å². The van der Waals surface area contributed by atoms with Crippen molar-refractivity contribution in [1.82, 2.24) is 9.88 Å². The summed E-state index contributed by atoms with van der Waals surface area (Å²) >= 11 is 0.898. The lowest BCUT2D eigenvalue weighted by Gasteiger charge is -2.54. The Balaban J connectivity index is 1.29. The fourth-order valence-electron chi connectivity index (χ4n) is 5.07. The van der Waals surface area contributed by atoms with E-state index >= 15 is 0 Å². The smallest absolute Gasteiger partial charge is 0.416 e. The van der Waals surface area contributed by atoms with Crippen LogP contribution in [0.25, 0.3) is 10.1 Å². The van der Waals surface area contributed by atoms with Crippen LogP contribution in [0.15, 0.2) is 41.2 Å². The third-order valence-corrected chi connectivity index (χ3v) is 8.16. The van der Waals surface area contributed by atoms with Gasteiger partial charge in [0.2, 0.25) is 0 Å². The van der Waals surface area contributed by atoms with Gasteiger partial charge in [-0.3, -0.25) is 19.8 Å². The van der Waals surface area contributed by atoms with Gasteiger partial charge in [-0.15, -0.1) is 0 Å². The van der Waals surface area contributed by atoms with Gasteiger partial charge in [-0.1, -0.05) is 23.5 Å². The Bertz CT molecular complexity index is 1360. The number of rotatable bonds is 5. The molecule has 2 aromatic carbocycles. The summed E-state index contributed by atoms with van der Waals surface area (Å²) in [5.41, 5.74) is -1.46. The number of likely N-dealkylation sites (tertiary alicyclic amines) is 1. The zero-order valence-electron chi connectivity index (χ0n) is 19.4. The highest BCUT2D eigenvalue weighted by molar-refractivity contribution is 7.22. The number of piperidine rings is 1. The van der Waals surface area contributed by atoms with Crippen LogP contribution in [0.5, 0.6) is 5.75 Å². The number of ether oxygens (including phenoxy) is 1. The van der Waals surface area contributed by atoms with Gasteiger partial charge in [0.15, 0.2) is 5.13 Å². The van der Waals surface area contributed by atoms with Crippen LogP contribution in [-0.4, -0.2) is 48.1 Å². The van der Waals surface area contributed by atoms with E-state index in [1.165, 1.54) is 5.56 Å². The van der Waals surface area contributed by atoms with Crippen LogP contribution in [0.2, 0.25) is 0 Å². The topological polar surface area (TPSA) is 88.8 Å². The second kappa shape index (κ2) is 9.00. The number of nitrogens with zero attached hydrogens (tertiary/aromatic N) is 4. The number of nitro benzene ring substituents is 1. The monoisotopic (exact) mass is 520 g/mol. The highest BCUT2D eigenvalue weighted by atomic mass is 32.1. The summed E-state index contributed by atoms with van der Waals surface area (Å²) in [7, 11) is 1.64. The lowest BCUT2D eigenvalue weighted by molar-refractivity contribution is -0.383. The Kier molecular flexibility index (Phi) is 6.11. The van der Waals surface area contributed by atoms with Crippen LogP contribution in [0.4, 0.5) is 24.0 Å². The van der Waals surface area contributed by atoms with E-state index in [0.717, 1.165) is 49.6 Å². The zero-order chi connectivity index (χ0) is 25.7. The van der Waals surface area contributed by atoms with Gasteiger partial charge in [0.05, 0.1) is 23.0 Å². The fraction of sp³-hybridized carbons (Fsp3) is 0.417. The maximum absolute atomic E-state index is 13.2. The minimum Gasteiger partial charge on any atom is -0.497 e. The molecular formula is C24H23F3N4O4S. The number of hydrogen-bond acceptors (Lipinski definition) is 8. The Morgan fingerprint density at radius 1 is 1.17 bits per heavy atom. The van der Waals surface area contributed by atoms with E-state index in [-0.39, 0.29) is 15.5 Å². The fourth-order valence-corrected chi connectivity index (χ4v) is 6.18. The Hall–Kier alpha value is -3.25. The molecule has 0 unspecified atom stereocenters. The molecule has 0 saturated carbocycles. The van der Waals surface area contributed by atoms with Crippen molar-refractivity contribution in [3.63, 3.8) is 0 Å². The molecule has 1 spiro atoms. The van der Waals surface area contributed by atoms with Crippen molar-refractivity contribution < 1.29 is 22.8 Å². The molecular weight excluding hydrogens is 497 g/mol. The van der Waals surface area contributed by atoms with Crippen molar-refractivity contribution in [3.8, 4) is 5.75 Å². The molecule has 2 saturated heterocycles. The second-order valence-corrected chi connectivity index (χ2v) is 10.4. The molecule has 0 bridgehead atoms. The molecule has 0 N–H and O–H groups in total. The number of halogens is 3. The molecule has 0 amide bonds. The molecule has 36 heavy (non-hydrogen) atoms. The SMILES string of the molecule is COc1ccc(CN2CC3(CCN(c4nc(=O)c5cc(C(F)(F)F)cc([N+](=O)[O-])c5s4)CC3)C2)cc1. The maximum Gasteiger partial charge on any atom is 0.416 e. The van der Waals surface area contributed by atoms with E-state index in [0.29, 0.717) is 30.4 Å². The molecule has 12 heteroatoms. The van der Waals surface area contributed by atoms with Gasteiger partial charge in [0.1, 0.15) is 10.4 Å². The van der Waals surface area contributed by atoms with Gasteiger partial charge in [-0.05, 0) is 42.0 Å². The standard InChI is InChI=1S/C24H23F3N4O4S/c1-35-17-4-2-15(3-5-17)12-29-13-23(14-29)6-8-30(9-7-23)22-28-21(32)18-10-16(24(25,26)27)11-19(31(33)34)20(18)36-22/h2-5,10-11H,6-9,12-14H2,1H3. The number of nitro groups is 1. The first kappa shape index (κ1) is 24.4. The van der Waals surface area contributed by atoms with Crippen molar-refractivity contribution in [3.05, 3.63) is 68.0 Å². The Labute approximate surface area is 208 Å². The van der Waals surface area contributed by atoms with Gasteiger partial charge in [0.25, 0.3) is 11.2 Å². The first-order valence-electron chi connectivity index (χ1n) is 11.4. The number of alkyl halides is 3. The van der Waals surface area contributed by atoms with E-state index in [4.69, 9.17) is 4.74 Å². The molecule has 2 fully saturated rings. The molecule has 0 aliphatic carbocycles. The van der Waals surface area contributed by atoms with Gasteiger partial charge < -0.3 is 9.64 Å². The average molecular weight is 521 g/mol. The normalized spacial score (nSPS) is 17.8. The first-order chi connectivity index (χ1) is 17.1. The van der Waals surface area contributed by atoms with Crippen molar-refractivity contribution in [1.29, 1.82) is 0 Å². The molecule has 190 valence electrons. The summed E-state index contributed by atoms with van der Waals surface area (Å²) in [6, 6.07) is 9.13. The number of non-ortho nitro benzene ring substituents is 1. The van der Waals surface area contributed by atoms with Crippen LogP contribution in [0.3, 0.4) is 0 Å². The number of anilines is 1.